The maximum Gasteiger partial charge on any atom is 0.255 e. The van der Waals surface area contributed by atoms with E-state index in [4.69, 9.17) is 11.6 Å². The van der Waals surface area contributed by atoms with Gasteiger partial charge in [0.2, 0.25) is 0 Å². The van der Waals surface area contributed by atoms with Crippen LogP contribution in [0.1, 0.15) is 6.92 Å². The van der Waals surface area contributed by atoms with Crippen molar-refractivity contribution in [2.75, 3.05) is 24.0 Å². The Hall–Kier alpha value is -1.01. The maximum absolute atomic E-state index is 5.98. The topological polar surface area (TPSA) is 46.3 Å². The lowest BCUT2D eigenvalue weighted by molar-refractivity contribution is 0.731. The van der Waals surface area contributed by atoms with Crippen LogP contribution >= 0.6 is 23.4 Å². The molecule has 2 rings (SSSR count). The number of fused-ring (bicyclic) bond motifs is 1. The standard InChI is InChI=1S/C10H14ClN5S/c1-7(5-17-3)15(2)9-4-8(11)14-10-12-6-13-16(9)10/h4,6-7H,5H2,1-3H3. The SMILES string of the molecule is CSCC(C)N(C)c1cc(Cl)nc2ncnn12. The lowest BCUT2D eigenvalue weighted by Crippen LogP contribution is -2.32. The molecule has 0 aliphatic rings. The first-order valence-corrected chi connectivity index (χ1v) is 6.98. The maximum atomic E-state index is 5.98. The van der Waals surface area contributed by atoms with Crippen LogP contribution in [-0.2, 0) is 0 Å². The fourth-order valence-electron chi connectivity index (χ4n) is 1.60. The van der Waals surface area contributed by atoms with Crippen molar-refractivity contribution in [1.29, 1.82) is 0 Å². The fraction of sp³-hybridized carbons (Fsp3) is 0.500. The van der Waals surface area contributed by atoms with Gasteiger partial charge in [-0.15, -0.1) is 0 Å². The monoisotopic (exact) mass is 271 g/mol. The molecule has 92 valence electrons. The van der Waals surface area contributed by atoms with E-state index in [0.717, 1.165) is 11.6 Å². The van der Waals surface area contributed by atoms with Crippen molar-refractivity contribution in [3.8, 4) is 0 Å². The van der Waals surface area contributed by atoms with Gasteiger partial charge in [0.05, 0.1) is 0 Å². The third kappa shape index (κ3) is 2.47. The number of thioether (sulfide) groups is 1. The summed E-state index contributed by atoms with van der Waals surface area (Å²) in [5.41, 5.74) is 0. The van der Waals surface area contributed by atoms with Crippen LogP contribution < -0.4 is 4.90 Å². The minimum absolute atomic E-state index is 0.385. The van der Waals surface area contributed by atoms with E-state index < -0.39 is 0 Å². The van der Waals surface area contributed by atoms with E-state index in [-0.39, 0.29) is 0 Å². The molecular weight excluding hydrogens is 258 g/mol. The first-order chi connectivity index (χ1) is 8.13. The van der Waals surface area contributed by atoms with Crippen LogP contribution in [-0.4, -0.2) is 44.7 Å². The fourth-order valence-corrected chi connectivity index (χ4v) is 2.48. The highest BCUT2D eigenvalue weighted by atomic mass is 35.5. The summed E-state index contributed by atoms with van der Waals surface area (Å²) in [7, 11) is 2.02. The number of nitrogens with zero attached hydrogens (tertiary/aromatic N) is 5. The molecule has 0 aliphatic heterocycles. The molecule has 0 amide bonds. The molecule has 0 saturated heterocycles. The minimum atomic E-state index is 0.385. The molecule has 0 aromatic carbocycles. The first-order valence-electron chi connectivity index (χ1n) is 5.21. The summed E-state index contributed by atoms with van der Waals surface area (Å²) >= 11 is 7.79. The highest BCUT2D eigenvalue weighted by molar-refractivity contribution is 7.98. The molecule has 0 radical (unpaired) electrons. The van der Waals surface area contributed by atoms with E-state index in [1.54, 1.807) is 10.6 Å². The van der Waals surface area contributed by atoms with Crippen molar-refractivity contribution >= 4 is 35.0 Å². The van der Waals surface area contributed by atoms with Gasteiger partial charge >= 0.3 is 0 Å². The number of anilines is 1. The van der Waals surface area contributed by atoms with Crippen molar-refractivity contribution in [2.45, 2.75) is 13.0 Å². The lowest BCUT2D eigenvalue weighted by atomic mass is 10.3. The van der Waals surface area contributed by atoms with Gasteiger partial charge < -0.3 is 4.90 Å². The zero-order valence-corrected chi connectivity index (χ0v) is 11.5. The van der Waals surface area contributed by atoms with E-state index in [1.165, 1.54) is 6.33 Å². The molecule has 0 aliphatic carbocycles. The van der Waals surface area contributed by atoms with Crippen molar-refractivity contribution in [3.05, 3.63) is 17.5 Å². The Morgan fingerprint density at radius 3 is 3.06 bits per heavy atom. The molecule has 0 bridgehead atoms. The number of halogens is 1. The average molecular weight is 272 g/mol. The summed E-state index contributed by atoms with van der Waals surface area (Å²) in [6.45, 7) is 2.16. The molecule has 0 spiro atoms. The van der Waals surface area contributed by atoms with Crippen LogP contribution in [0.2, 0.25) is 5.15 Å². The second-order valence-corrected chi connectivity index (χ2v) is 5.12. The molecular formula is C10H14ClN5S. The predicted octanol–water partition coefficient (Wildman–Crippen LogP) is 1.97. The molecule has 17 heavy (non-hydrogen) atoms. The summed E-state index contributed by atoms with van der Waals surface area (Å²) < 4.78 is 1.70. The number of hydrogen-bond acceptors (Lipinski definition) is 5. The third-order valence-corrected chi connectivity index (χ3v) is 3.64. The zero-order chi connectivity index (χ0) is 12.4. The Morgan fingerprint density at radius 1 is 1.59 bits per heavy atom. The van der Waals surface area contributed by atoms with Crippen LogP contribution in [0.25, 0.3) is 5.78 Å². The second-order valence-electron chi connectivity index (χ2n) is 3.82. The molecule has 5 nitrogen and oxygen atoms in total. The summed E-state index contributed by atoms with van der Waals surface area (Å²) in [6.07, 6.45) is 3.57. The highest BCUT2D eigenvalue weighted by Gasteiger charge is 2.15. The van der Waals surface area contributed by atoms with Crippen LogP contribution in [0.15, 0.2) is 12.4 Å². The Bertz CT molecular complexity index is 514. The molecule has 0 N–H and O–H groups in total. The molecule has 0 fully saturated rings. The van der Waals surface area contributed by atoms with Gasteiger partial charge in [0.25, 0.3) is 5.78 Å². The van der Waals surface area contributed by atoms with Crippen molar-refractivity contribution in [3.63, 3.8) is 0 Å². The molecule has 2 aromatic heterocycles. The normalized spacial score (nSPS) is 12.9. The van der Waals surface area contributed by atoms with Crippen LogP contribution in [0, 0.1) is 0 Å². The van der Waals surface area contributed by atoms with Crippen molar-refractivity contribution in [2.24, 2.45) is 0 Å². The van der Waals surface area contributed by atoms with Gasteiger partial charge in [0.1, 0.15) is 17.3 Å². The zero-order valence-electron chi connectivity index (χ0n) is 9.96. The van der Waals surface area contributed by atoms with Gasteiger partial charge in [-0.05, 0) is 13.2 Å². The summed E-state index contributed by atoms with van der Waals surface area (Å²) in [5.74, 6) is 2.46. The Morgan fingerprint density at radius 2 is 2.35 bits per heavy atom. The average Bonchev–Trinajstić information content (AvgIpc) is 2.75. The van der Waals surface area contributed by atoms with Gasteiger partial charge in [-0.25, -0.2) is 0 Å². The molecule has 2 aromatic rings. The highest BCUT2D eigenvalue weighted by Crippen LogP contribution is 2.20. The van der Waals surface area contributed by atoms with E-state index in [2.05, 4.69) is 33.1 Å². The van der Waals surface area contributed by atoms with E-state index in [9.17, 15) is 0 Å². The van der Waals surface area contributed by atoms with Gasteiger partial charge in [-0.2, -0.15) is 31.3 Å². The Kier molecular flexibility index (Phi) is 3.73. The van der Waals surface area contributed by atoms with E-state index in [1.807, 2.05) is 18.8 Å². The summed E-state index contributed by atoms with van der Waals surface area (Å²) in [5, 5.41) is 4.59. The number of rotatable bonds is 4. The van der Waals surface area contributed by atoms with Gasteiger partial charge in [0, 0.05) is 24.9 Å². The van der Waals surface area contributed by atoms with Gasteiger partial charge in [0.15, 0.2) is 0 Å². The molecule has 0 saturated carbocycles. The summed E-state index contributed by atoms with van der Waals surface area (Å²) in [6, 6.07) is 2.19. The predicted molar refractivity (Wildman–Crippen MR) is 72.0 cm³/mol. The van der Waals surface area contributed by atoms with Crippen LogP contribution in [0.3, 0.4) is 0 Å². The summed E-state index contributed by atoms with van der Waals surface area (Å²) in [4.78, 5) is 10.3. The smallest absolute Gasteiger partial charge is 0.255 e. The molecule has 1 atom stereocenters. The van der Waals surface area contributed by atoms with Gasteiger partial charge in [-0.3, -0.25) is 0 Å². The van der Waals surface area contributed by atoms with Gasteiger partial charge in [-0.1, -0.05) is 11.6 Å². The third-order valence-electron chi connectivity index (χ3n) is 2.63. The number of aromatic nitrogens is 4. The first kappa shape index (κ1) is 12.4. The molecule has 1 unspecified atom stereocenters. The Labute approximate surface area is 109 Å². The largest absolute Gasteiger partial charge is 0.356 e. The quantitative estimate of drug-likeness (QED) is 0.796. The van der Waals surface area contributed by atoms with Crippen molar-refractivity contribution < 1.29 is 0 Å². The lowest BCUT2D eigenvalue weighted by Gasteiger charge is -2.26. The molecule has 7 heteroatoms. The van der Waals surface area contributed by atoms with Crippen LogP contribution in [0.4, 0.5) is 5.82 Å². The van der Waals surface area contributed by atoms with Crippen molar-refractivity contribution in [1.82, 2.24) is 19.6 Å². The van der Waals surface area contributed by atoms with Crippen LogP contribution in [0.5, 0.6) is 0 Å². The second kappa shape index (κ2) is 5.10. The molecule has 2 heterocycles. The van der Waals surface area contributed by atoms with E-state index in [0.29, 0.717) is 17.0 Å². The number of hydrogen-bond donors (Lipinski definition) is 0. The Balaban J connectivity index is 2.43. The van der Waals surface area contributed by atoms with E-state index >= 15 is 0 Å². The minimum Gasteiger partial charge on any atom is -0.356 e.